The number of likely N-dealkylation sites (N-methyl/N-ethyl adjacent to an activating group) is 1. The topological polar surface area (TPSA) is 89.7 Å². The van der Waals surface area contributed by atoms with Gasteiger partial charge in [0, 0.05) is 12.4 Å². The van der Waals surface area contributed by atoms with E-state index in [-0.39, 0.29) is 34.6 Å². The van der Waals surface area contributed by atoms with Gasteiger partial charge in [0.25, 0.3) is 5.91 Å². The van der Waals surface area contributed by atoms with Gasteiger partial charge in [-0.1, -0.05) is 12.1 Å². The number of thiophene rings is 1. The van der Waals surface area contributed by atoms with Crippen molar-refractivity contribution in [2.45, 2.75) is 4.21 Å². The van der Waals surface area contributed by atoms with Crippen LogP contribution in [0.5, 0.6) is 5.75 Å². The molecule has 0 aliphatic carbocycles. The van der Waals surface area contributed by atoms with Crippen LogP contribution in [0, 0.1) is 5.82 Å². The van der Waals surface area contributed by atoms with Crippen LogP contribution >= 0.6 is 11.3 Å². The molecule has 0 saturated carbocycles. The molecule has 9 heteroatoms. The first kappa shape index (κ1) is 17.4. The fourth-order valence-electron chi connectivity index (χ4n) is 1.75. The molecule has 0 atom stereocenters. The van der Waals surface area contributed by atoms with E-state index in [0.717, 1.165) is 11.3 Å². The van der Waals surface area contributed by atoms with E-state index in [1.54, 1.807) is 19.2 Å². The molecule has 0 fully saturated rings. The smallest absolute Gasteiger partial charge is 0.254 e. The molecule has 0 saturated heterocycles. The summed E-state index contributed by atoms with van der Waals surface area (Å²) in [7, 11) is -2.27. The highest BCUT2D eigenvalue weighted by atomic mass is 32.2. The molecule has 1 heterocycles. The molecule has 0 bridgehead atoms. The Morgan fingerprint density at radius 2 is 2.09 bits per heavy atom. The van der Waals surface area contributed by atoms with Gasteiger partial charge >= 0.3 is 0 Å². The minimum atomic E-state index is -3.82. The first-order valence-electron chi connectivity index (χ1n) is 6.53. The monoisotopic (exact) mass is 358 g/mol. The highest BCUT2D eigenvalue weighted by Gasteiger charge is 2.18. The standard InChI is InChI=1S/C14H15FN2O4S2/c1-17(6-7-21-12-5-3-2-4-11(12)15)14(18)10-8-13(22-9-10)23(16,19)20/h2-5,8-9H,6-7H2,1H3,(H2,16,19,20). The van der Waals surface area contributed by atoms with Crippen molar-refractivity contribution >= 4 is 27.3 Å². The van der Waals surface area contributed by atoms with Crippen molar-refractivity contribution in [1.29, 1.82) is 0 Å². The average Bonchev–Trinajstić information content (AvgIpc) is 2.98. The molecular weight excluding hydrogens is 343 g/mol. The van der Waals surface area contributed by atoms with Crippen LogP contribution < -0.4 is 9.88 Å². The van der Waals surface area contributed by atoms with E-state index in [0.29, 0.717) is 0 Å². The summed E-state index contributed by atoms with van der Waals surface area (Å²) in [5.74, 6) is -0.731. The van der Waals surface area contributed by atoms with E-state index in [4.69, 9.17) is 9.88 Å². The second-order valence-electron chi connectivity index (χ2n) is 4.71. The normalized spacial score (nSPS) is 11.3. The summed E-state index contributed by atoms with van der Waals surface area (Å²) in [6, 6.07) is 7.21. The SMILES string of the molecule is CN(CCOc1ccccc1F)C(=O)c1csc(S(N)(=O)=O)c1. The lowest BCUT2D eigenvalue weighted by atomic mass is 10.3. The molecule has 2 N–H and O–H groups in total. The Morgan fingerprint density at radius 1 is 1.39 bits per heavy atom. The van der Waals surface area contributed by atoms with Crippen LogP contribution in [0.25, 0.3) is 0 Å². The summed E-state index contributed by atoms with van der Waals surface area (Å²) in [5.41, 5.74) is 0.229. The number of rotatable bonds is 6. The van der Waals surface area contributed by atoms with Gasteiger partial charge in [0.05, 0.1) is 12.1 Å². The molecule has 1 amide bonds. The van der Waals surface area contributed by atoms with Crippen molar-refractivity contribution in [2.75, 3.05) is 20.2 Å². The molecule has 0 radical (unpaired) electrons. The molecule has 1 aromatic carbocycles. The van der Waals surface area contributed by atoms with Gasteiger partial charge in [0.1, 0.15) is 10.8 Å². The predicted octanol–water partition coefficient (Wildman–Crippen LogP) is 1.69. The van der Waals surface area contributed by atoms with Crippen LogP contribution in [0.3, 0.4) is 0 Å². The van der Waals surface area contributed by atoms with Crippen LogP contribution in [-0.4, -0.2) is 39.4 Å². The third-order valence-corrected chi connectivity index (χ3v) is 5.36. The van der Waals surface area contributed by atoms with E-state index in [2.05, 4.69) is 0 Å². The number of amides is 1. The van der Waals surface area contributed by atoms with Crippen molar-refractivity contribution in [2.24, 2.45) is 5.14 Å². The third-order valence-electron chi connectivity index (χ3n) is 2.97. The van der Waals surface area contributed by atoms with Gasteiger partial charge in [0.15, 0.2) is 11.6 Å². The molecular formula is C14H15FN2O4S2. The number of benzene rings is 1. The molecule has 0 aliphatic rings. The number of carbonyl (C=O) groups excluding carboxylic acids is 1. The molecule has 6 nitrogen and oxygen atoms in total. The number of hydrogen-bond acceptors (Lipinski definition) is 5. The molecule has 0 unspecified atom stereocenters. The summed E-state index contributed by atoms with van der Waals surface area (Å²) in [6.07, 6.45) is 0. The molecule has 0 spiro atoms. The summed E-state index contributed by atoms with van der Waals surface area (Å²) in [6.45, 7) is 0.322. The number of para-hydroxylation sites is 1. The lowest BCUT2D eigenvalue weighted by molar-refractivity contribution is 0.0773. The van der Waals surface area contributed by atoms with E-state index >= 15 is 0 Å². The number of carbonyl (C=O) groups is 1. The van der Waals surface area contributed by atoms with Crippen molar-refractivity contribution in [1.82, 2.24) is 4.90 Å². The predicted molar refractivity (Wildman–Crippen MR) is 84.5 cm³/mol. The van der Waals surface area contributed by atoms with Crippen molar-refractivity contribution in [3.63, 3.8) is 0 Å². The lowest BCUT2D eigenvalue weighted by Gasteiger charge is -2.17. The van der Waals surface area contributed by atoms with Gasteiger partial charge in [-0.15, -0.1) is 11.3 Å². The first-order valence-corrected chi connectivity index (χ1v) is 8.96. The van der Waals surface area contributed by atoms with E-state index < -0.39 is 15.8 Å². The minimum absolute atomic E-state index is 0.0724. The van der Waals surface area contributed by atoms with Crippen LogP contribution in [0.15, 0.2) is 39.9 Å². The molecule has 2 aromatic rings. The minimum Gasteiger partial charge on any atom is -0.489 e. The highest BCUT2D eigenvalue weighted by molar-refractivity contribution is 7.91. The van der Waals surface area contributed by atoms with Crippen LogP contribution in [0.2, 0.25) is 0 Å². The molecule has 2 rings (SSSR count). The summed E-state index contributed by atoms with van der Waals surface area (Å²) < 4.78 is 41.0. The summed E-state index contributed by atoms with van der Waals surface area (Å²) >= 11 is 0.884. The zero-order valence-electron chi connectivity index (χ0n) is 12.2. The fraction of sp³-hybridized carbons (Fsp3) is 0.214. The number of primary sulfonamides is 1. The van der Waals surface area contributed by atoms with Gasteiger partial charge in [-0.05, 0) is 18.2 Å². The maximum atomic E-state index is 13.4. The van der Waals surface area contributed by atoms with Crippen molar-refractivity contribution in [3.05, 3.63) is 47.1 Å². The number of hydrogen-bond donors (Lipinski definition) is 1. The zero-order chi connectivity index (χ0) is 17.0. The number of halogens is 1. The summed E-state index contributed by atoms with van der Waals surface area (Å²) in [4.78, 5) is 13.5. The second-order valence-corrected chi connectivity index (χ2v) is 7.40. The Morgan fingerprint density at radius 3 is 2.70 bits per heavy atom. The van der Waals surface area contributed by atoms with Crippen LogP contribution in [0.1, 0.15) is 10.4 Å². The van der Waals surface area contributed by atoms with E-state index in [1.807, 2.05) is 0 Å². The lowest BCUT2D eigenvalue weighted by Crippen LogP contribution is -2.30. The Hall–Kier alpha value is -1.97. The van der Waals surface area contributed by atoms with Gasteiger partial charge < -0.3 is 9.64 Å². The largest absolute Gasteiger partial charge is 0.489 e. The maximum absolute atomic E-state index is 13.4. The zero-order valence-corrected chi connectivity index (χ0v) is 13.9. The van der Waals surface area contributed by atoms with Gasteiger partial charge in [-0.25, -0.2) is 17.9 Å². The Kier molecular flexibility index (Phi) is 5.34. The highest BCUT2D eigenvalue weighted by Crippen LogP contribution is 2.20. The third kappa shape index (κ3) is 4.50. The Balaban J connectivity index is 1.93. The first-order chi connectivity index (χ1) is 10.8. The van der Waals surface area contributed by atoms with E-state index in [1.165, 1.54) is 28.5 Å². The van der Waals surface area contributed by atoms with E-state index in [9.17, 15) is 17.6 Å². The van der Waals surface area contributed by atoms with Gasteiger partial charge in [-0.2, -0.15) is 0 Å². The van der Waals surface area contributed by atoms with Gasteiger partial charge in [-0.3, -0.25) is 4.79 Å². The number of ether oxygens (including phenoxy) is 1. The number of sulfonamides is 1. The second kappa shape index (κ2) is 7.07. The number of nitrogens with zero attached hydrogens (tertiary/aromatic N) is 1. The molecule has 124 valence electrons. The number of nitrogens with two attached hydrogens (primary N) is 1. The molecule has 0 aliphatic heterocycles. The molecule has 23 heavy (non-hydrogen) atoms. The van der Waals surface area contributed by atoms with Crippen molar-refractivity contribution in [3.8, 4) is 5.75 Å². The Bertz CT molecular complexity index is 805. The maximum Gasteiger partial charge on any atom is 0.254 e. The Labute approximate surface area is 137 Å². The quantitative estimate of drug-likeness (QED) is 0.851. The van der Waals surface area contributed by atoms with Gasteiger partial charge in [0.2, 0.25) is 10.0 Å². The van der Waals surface area contributed by atoms with Crippen molar-refractivity contribution < 1.29 is 22.3 Å². The summed E-state index contributed by atoms with van der Waals surface area (Å²) in [5, 5.41) is 6.43. The average molecular weight is 358 g/mol. The fourth-order valence-corrected chi connectivity index (χ4v) is 3.33. The molecule has 1 aromatic heterocycles. The van der Waals surface area contributed by atoms with Crippen LogP contribution in [-0.2, 0) is 10.0 Å². The van der Waals surface area contributed by atoms with Crippen LogP contribution in [0.4, 0.5) is 4.39 Å².